The second-order valence-electron chi connectivity index (χ2n) is 5.08. The Morgan fingerprint density at radius 1 is 1.29 bits per heavy atom. The lowest BCUT2D eigenvalue weighted by Gasteiger charge is -2.16. The van der Waals surface area contributed by atoms with E-state index in [1.54, 1.807) is 7.11 Å². The van der Waals surface area contributed by atoms with Crippen LogP contribution in [0, 0.1) is 0 Å². The molecule has 0 saturated heterocycles. The first-order valence-electron chi connectivity index (χ1n) is 7.28. The summed E-state index contributed by atoms with van der Waals surface area (Å²) in [4.78, 5) is 0. The molecular weight excluding hydrogens is 266 g/mol. The van der Waals surface area contributed by atoms with Crippen LogP contribution in [0.5, 0.6) is 5.75 Å². The molecule has 1 heterocycles. The van der Waals surface area contributed by atoms with Gasteiger partial charge in [-0.25, -0.2) is 0 Å². The maximum Gasteiger partial charge on any atom is 0.120 e. The summed E-state index contributed by atoms with van der Waals surface area (Å²) >= 11 is 0. The number of rotatable bonds is 7. The van der Waals surface area contributed by atoms with E-state index in [1.807, 2.05) is 43.3 Å². The number of ether oxygens (including phenoxy) is 1. The maximum absolute atomic E-state index is 10.2. The monoisotopic (exact) mass is 289 g/mol. The Bertz CT molecular complexity index is 565. The van der Waals surface area contributed by atoms with Crippen molar-refractivity contribution in [2.24, 2.45) is 0 Å². The molecule has 0 bridgehead atoms. The predicted molar refractivity (Wildman–Crippen MR) is 82.5 cm³/mol. The third kappa shape index (κ3) is 4.09. The Kier molecular flexibility index (Phi) is 5.42. The summed E-state index contributed by atoms with van der Waals surface area (Å²) in [6.45, 7) is 4.54. The highest BCUT2D eigenvalue weighted by atomic mass is 16.5. The van der Waals surface area contributed by atoms with Crippen LogP contribution in [0.25, 0.3) is 0 Å². The fourth-order valence-corrected chi connectivity index (χ4v) is 2.17. The number of hydrogen-bond acceptors (Lipinski definition) is 4. The molecule has 2 rings (SSSR count). The van der Waals surface area contributed by atoms with Gasteiger partial charge in [0.1, 0.15) is 17.3 Å². The first kappa shape index (κ1) is 15.6. The molecule has 21 heavy (non-hydrogen) atoms. The molecular formula is C17H23NO3. The summed E-state index contributed by atoms with van der Waals surface area (Å²) in [5, 5.41) is 13.5. The van der Waals surface area contributed by atoms with Gasteiger partial charge in [-0.05, 0) is 36.8 Å². The van der Waals surface area contributed by atoms with E-state index in [2.05, 4.69) is 12.2 Å². The minimum atomic E-state index is -0.580. The van der Waals surface area contributed by atoms with Gasteiger partial charge < -0.3 is 19.6 Å². The minimum Gasteiger partial charge on any atom is -0.497 e. The van der Waals surface area contributed by atoms with Crippen LogP contribution >= 0.6 is 0 Å². The first-order valence-corrected chi connectivity index (χ1v) is 7.28. The van der Waals surface area contributed by atoms with Gasteiger partial charge in [-0.1, -0.05) is 19.1 Å². The smallest absolute Gasteiger partial charge is 0.120 e. The molecule has 4 heteroatoms. The van der Waals surface area contributed by atoms with E-state index in [9.17, 15) is 5.11 Å². The average molecular weight is 289 g/mol. The van der Waals surface area contributed by atoms with Crippen LogP contribution in [0.2, 0.25) is 0 Å². The zero-order valence-corrected chi connectivity index (χ0v) is 12.8. The van der Waals surface area contributed by atoms with E-state index < -0.39 is 6.10 Å². The van der Waals surface area contributed by atoms with Crippen molar-refractivity contribution in [1.29, 1.82) is 0 Å². The molecule has 2 aromatic rings. The van der Waals surface area contributed by atoms with Gasteiger partial charge in [-0.15, -0.1) is 0 Å². The van der Waals surface area contributed by atoms with Gasteiger partial charge in [0.05, 0.1) is 19.3 Å². The van der Waals surface area contributed by atoms with E-state index in [4.69, 9.17) is 9.15 Å². The summed E-state index contributed by atoms with van der Waals surface area (Å²) < 4.78 is 10.9. The quantitative estimate of drug-likeness (QED) is 0.821. The van der Waals surface area contributed by atoms with Crippen LogP contribution < -0.4 is 10.1 Å². The summed E-state index contributed by atoms with van der Waals surface area (Å²) in [5.74, 6) is 2.62. The minimum absolute atomic E-state index is 0.0607. The molecule has 0 aliphatic carbocycles. The van der Waals surface area contributed by atoms with Crippen molar-refractivity contribution in [2.45, 2.75) is 32.4 Å². The van der Waals surface area contributed by atoms with E-state index in [1.165, 1.54) is 0 Å². The fraction of sp³-hybridized carbons (Fsp3) is 0.412. The lowest BCUT2D eigenvalue weighted by Crippen LogP contribution is -2.24. The van der Waals surface area contributed by atoms with E-state index in [0.29, 0.717) is 6.54 Å². The van der Waals surface area contributed by atoms with Crippen LogP contribution in [0.15, 0.2) is 40.8 Å². The summed E-state index contributed by atoms with van der Waals surface area (Å²) in [7, 11) is 1.62. The van der Waals surface area contributed by atoms with Crippen LogP contribution in [-0.2, 0) is 6.42 Å². The molecule has 1 aromatic heterocycles. The van der Waals surface area contributed by atoms with E-state index >= 15 is 0 Å². The lowest BCUT2D eigenvalue weighted by atomic mass is 10.1. The number of nitrogens with one attached hydrogen (secondary N) is 1. The lowest BCUT2D eigenvalue weighted by molar-refractivity contribution is 0.168. The van der Waals surface area contributed by atoms with Gasteiger partial charge in [0.15, 0.2) is 0 Å². The molecule has 2 N–H and O–H groups in total. The van der Waals surface area contributed by atoms with Crippen LogP contribution in [0.1, 0.15) is 43.1 Å². The van der Waals surface area contributed by atoms with Gasteiger partial charge in [0.2, 0.25) is 0 Å². The average Bonchev–Trinajstić information content (AvgIpc) is 3.01. The standard InChI is InChI=1S/C17H23NO3/c1-4-14-8-9-17(21-14)12(2)18-11-16(19)13-6-5-7-15(10-13)20-3/h5-10,12,16,18-19H,4,11H2,1-3H3/t12-,16+/m0/s1. The molecule has 0 amide bonds. The highest BCUT2D eigenvalue weighted by Gasteiger charge is 2.13. The number of hydrogen-bond donors (Lipinski definition) is 2. The summed E-state index contributed by atoms with van der Waals surface area (Å²) in [5.41, 5.74) is 0.836. The Balaban J connectivity index is 1.92. The fourth-order valence-electron chi connectivity index (χ4n) is 2.17. The number of furan rings is 1. The van der Waals surface area contributed by atoms with E-state index in [-0.39, 0.29) is 6.04 Å². The second-order valence-corrected chi connectivity index (χ2v) is 5.08. The number of methoxy groups -OCH3 is 1. The normalized spacial score (nSPS) is 13.9. The zero-order chi connectivity index (χ0) is 15.2. The Morgan fingerprint density at radius 3 is 2.76 bits per heavy atom. The largest absolute Gasteiger partial charge is 0.497 e. The third-order valence-electron chi connectivity index (χ3n) is 3.55. The van der Waals surface area contributed by atoms with Crippen LogP contribution in [0.3, 0.4) is 0 Å². The van der Waals surface area contributed by atoms with Crippen molar-refractivity contribution in [3.8, 4) is 5.75 Å². The highest BCUT2D eigenvalue weighted by molar-refractivity contribution is 5.30. The highest BCUT2D eigenvalue weighted by Crippen LogP contribution is 2.20. The molecule has 0 aliphatic heterocycles. The van der Waals surface area contributed by atoms with Crippen molar-refractivity contribution in [1.82, 2.24) is 5.32 Å². The van der Waals surface area contributed by atoms with Gasteiger partial charge >= 0.3 is 0 Å². The molecule has 4 nitrogen and oxygen atoms in total. The van der Waals surface area contributed by atoms with Crippen molar-refractivity contribution in [3.05, 3.63) is 53.5 Å². The molecule has 0 saturated carbocycles. The van der Waals surface area contributed by atoms with E-state index in [0.717, 1.165) is 29.3 Å². The maximum atomic E-state index is 10.2. The molecule has 2 atom stereocenters. The molecule has 1 aromatic carbocycles. The molecule has 114 valence electrons. The first-order chi connectivity index (χ1) is 10.1. The molecule has 0 fully saturated rings. The SMILES string of the molecule is CCc1ccc([C@H](C)NC[C@@H](O)c2cccc(OC)c2)o1. The Morgan fingerprint density at radius 2 is 2.10 bits per heavy atom. The number of aliphatic hydroxyl groups is 1. The Labute approximate surface area is 125 Å². The second kappa shape index (κ2) is 7.29. The van der Waals surface area contributed by atoms with Crippen molar-refractivity contribution >= 4 is 0 Å². The Hall–Kier alpha value is -1.78. The molecule has 0 spiro atoms. The van der Waals surface area contributed by atoms with Crippen LogP contribution in [0.4, 0.5) is 0 Å². The van der Waals surface area contributed by atoms with Crippen molar-refractivity contribution in [2.75, 3.05) is 13.7 Å². The van der Waals surface area contributed by atoms with Crippen molar-refractivity contribution < 1.29 is 14.3 Å². The van der Waals surface area contributed by atoms with Crippen LogP contribution in [-0.4, -0.2) is 18.8 Å². The van der Waals surface area contributed by atoms with Gasteiger partial charge in [0, 0.05) is 13.0 Å². The molecule has 0 radical (unpaired) electrons. The van der Waals surface area contributed by atoms with Gasteiger partial charge in [-0.2, -0.15) is 0 Å². The molecule has 0 aliphatic rings. The predicted octanol–water partition coefficient (Wildman–Crippen LogP) is 3.23. The zero-order valence-electron chi connectivity index (χ0n) is 12.8. The van der Waals surface area contributed by atoms with Crippen molar-refractivity contribution in [3.63, 3.8) is 0 Å². The topological polar surface area (TPSA) is 54.6 Å². The number of aliphatic hydroxyl groups excluding tert-OH is 1. The number of aryl methyl sites for hydroxylation is 1. The van der Waals surface area contributed by atoms with Gasteiger partial charge in [-0.3, -0.25) is 0 Å². The summed E-state index contributed by atoms with van der Waals surface area (Å²) in [6.07, 6.45) is 0.308. The van der Waals surface area contributed by atoms with Gasteiger partial charge in [0.25, 0.3) is 0 Å². The summed E-state index contributed by atoms with van der Waals surface area (Å²) in [6, 6.07) is 11.5. The molecule has 0 unspecified atom stereocenters. The third-order valence-corrected chi connectivity index (χ3v) is 3.55. The number of benzene rings is 1.